The van der Waals surface area contributed by atoms with Gasteiger partial charge in [-0.2, -0.15) is 13.2 Å². The molecule has 0 fully saturated rings. The first-order valence-electron chi connectivity index (χ1n) is 8.76. The van der Waals surface area contributed by atoms with Crippen LogP contribution < -0.4 is 16.0 Å². The lowest BCUT2D eigenvalue weighted by atomic mass is 10.1. The van der Waals surface area contributed by atoms with Gasteiger partial charge in [0.05, 0.1) is 17.7 Å². The van der Waals surface area contributed by atoms with Crippen molar-refractivity contribution in [2.75, 3.05) is 19.6 Å². The lowest BCUT2D eigenvalue weighted by Crippen LogP contribution is -2.41. The number of carbonyl (C=O) groups excluding carboxylic acids is 1. The van der Waals surface area contributed by atoms with E-state index in [1.807, 2.05) is 6.92 Å². The molecule has 1 heterocycles. The van der Waals surface area contributed by atoms with Gasteiger partial charge in [0, 0.05) is 32.0 Å². The van der Waals surface area contributed by atoms with Gasteiger partial charge in [-0.3, -0.25) is 9.78 Å². The van der Waals surface area contributed by atoms with E-state index in [0.717, 1.165) is 12.1 Å². The molecule has 6 nitrogen and oxygen atoms in total. The number of rotatable bonds is 7. The topological polar surface area (TPSA) is 78.4 Å². The van der Waals surface area contributed by atoms with Gasteiger partial charge in [0.15, 0.2) is 5.96 Å². The highest BCUT2D eigenvalue weighted by atomic mass is 127. The fourth-order valence-corrected chi connectivity index (χ4v) is 2.27. The van der Waals surface area contributed by atoms with E-state index in [1.165, 1.54) is 18.3 Å². The zero-order valence-corrected chi connectivity index (χ0v) is 18.1. The average molecular weight is 521 g/mol. The molecule has 0 bridgehead atoms. The van der Waals surface area contributed by atoms with Gasteiger partial charge in [0.25, 0.3) is 5.91 Å². The number of carbonyl (C=O) groups is 1. The van der Waals surface area contributed by atoms with Crippen LogP contribution in [0.15, 0.2) is 53.8 Å². The number of guanidine groups is 1. The number of benzene rings is 1. The predicted octanol–water partition coefficient (Wildman–Crippen LogP) is 3.20. The first-order valence-corrected chi connectivity index (χ1v) is 8.76. The Bertz CT molecular complexity index is 783. The molecule has 0 saturated carbocycles. The van der Waals surface area contributed by atoms with Crippen molar-refractivity contribution >= 4 is 35.8 Å². The predicted molar refractivity (Wildman–Crippen MR) is 116 cm³/mol. The summed E-state index contributed by atoms with van der Waals surface area (Å²) >= 11 is 0. The highest BCUT2D eigenvalue weighted by Crippen LogP contribution is 2.29. The molecule has 0 saturated heterocycles. The Morgan fingerprint density at radius 2 is 1.76 bits per heavy atom. The van der Waals surface area contributed by atoms with Crippen LogP contribution in [0, 0.1) is 0 Å². The third kappa shape index (κ3) is 8.67. The number of hydrogen-bond donors (Lipinski definition) is 3. The molecule has 2 rings (SSSR count). The summed E-state index contributed by atoms with van der Waals surface area (Å²) in [5, 5.41) is 8.87. The van der Waals surface area contributed by atoms with Crippen LogP contribution in [-0.2, 0) is 12.7 Å². The van der Waals surface area contributed by atoms with E-state index in [1.54, 1.807) is 18.3 Å². The molecular formula is C19H23F3IN5O. The summed E-state index contributed by atoms with van der Waals surface area (Å²) in [4.78, 5) is 20.2. The molecule has 3 N–H and O–H groups in total. The van der Waals surface area contributed by atoms with Crippen molar-refractivity contribution in [3.05, 3.63) is 65.5 Å². The maximum atomic E-state index is 12.6. The minimum Gasteiger partial charge on any atom is -0.357 e. The zero-order valence-electron chi connectivity index (χ0n) is 15.8. The molecule has 0 spiro atoms. The molecule has 29 heavy (non-hydrogen) atoms. The Kier molecular flexibility index (Phi) is 10.4. The zero-order chi connectivity index (χ0) is 20.4. The van der Waals surface area contributed by atoms with E-state index >= 15 is 0 Å². The second-order valence-electron chi connectivity index (χ2n) is 5.81. The number of aliphatic imine (C=N–C) groups is 1. The summed E-state index contributed by atoms with van der Waals surface area (Å²) in [6, 6.07) is 8.25. The third-order valence-corrected chi connectivity index (χ3v) is 3.67. The lowest BCUT2D eigenvalue weighted by Gasteiger charge is -2.12. The van der Waals surface area contributed by atoms with Crippen LogP contribution in [0.4, 0.5) is 13.2 Å². The molecule has 1 aromatic heterocycles. The highest BCUT2D eigenvalue weighted by molar-refractivity contribution is 14.0. The summed E-state index contributed by atoms with van der Waals surface area (Å²) in [6.07, 6.45) is -1.27. The van der Waals surface area contributed by atoms with Gasteiger partial charge >= 0.3 is 6.18 Å². The van der Waals surface area contributed by atoms with E-state index < -0.39 is 11.7 Å². The molecule has 1 aromatic carbocycles. The Morgan fingerprint density at radius 3 is 2.34 bits per heavy atom. The summed E-state index contributed by atoms with van der Waals surface area (Å²) < 4.78 is 37.8. The number of aromatic nitrogens is 1. The lowest BCUT2D eigenvalue weighted by molar-refractivity contribution is -0.137. The number of nitrogens with one attached hydrogen (secondary N) is 3. The summed E-state index contributed by atoms with van der Waals surface area (Å²) in [5.41, 5.74) is 0.454. The first kappa shape index (κ1) is 24.7. The van der Waals surface area contributed by atoms with E-state index in [0.29, 0.717) is 36.7 Å². The molecule has 0 unspecified atom stereocenters. The maximum absolute atomic E-state index is 12.6. The van der Waals surface area contributed by atoms with Crippen LogP contribution >= 0.6 is 24.0 Å². The Morgan fingerprint density at radius 1 is 1.07 bits per heavy atom. The van der Waals surface area contributed by atoms with Crippen LogP contribution in [0.5, 0.6) is 0 Å². The molecule has 2 aromatic rings. The van der Waals surface area contributed by atoms with Gasteiger partial charge < -0.3 is 16.0 Å². The largest absolute Gasteiger partial charge is 0.416 e. The molecule has 0 aliphatic carbocycles. The molecule has 0 aliphatic heterocycles. The first-order chi connectivity index (χ1) is 13.4. The fraction of sp³-hybridized carbons (Fsp3) is 0.316. The van der Waals surface area contributed by atoms with Crippen LogP contribution in [0.1, 0.15) is 28.4 Å². The molecule has 1 amide bonds. The van der Waals surface area contributed by atoms with Crippen molar-refractivity contribution in [1.82, 2.24) is 20.9 Å². The normalized spacial score (nSPS) is 11.4. The number of amides is 1. The number of nitrogens with zero attached hydrogens (tertiary/aromatic N) is 2. The molecule has 0 atom stereocenters. The van der Waals surface area contributed by atoms with Crippen LogP contribution in [-0.4, -0.2) is 36.5 Å². The fourth-order valence-electron chi connectivity index (χ4n) is 2.27. The van der Waals surface area contributed by atoms with E-state index in [2.05, 4.69) is 25.9 Å². The minimum absolute atomic E-state index is 0. The Labute approximate surface area is 184 Å². The minimum atomic E-state index is -4.35. The summed E-state index contributed by atoms with van der Waals surface area (Å²) in [5.74, 6) is 0.291. The number of pyridine rings is 1. The van der Waals surface area contributed by atoms with E-state index in [4.69, 9.17) is 0 Å². The third-order valence-electron chi connectivity index (χ3n) is 3.67. The SMILES string of the molecule is CCNC(=NCc1ccc(C(F)(F)F)cc1)NCCNC(=O)c1cccnc1.I. The van der Waals surface area contributed by atoms with Gasteiger partial charge in [-0.1, -0.05) is 12.1 Å². The Hall–Kier alpha value is -2.37. The van der Waals surface area contributed by atoms with Crippen molar-refractivity contribution in [3.63, 3.8) is 0 Å². The maximum Gasteiger partial charge on any atom is 0.416 e. The van der Waals surface area contributed by atoms with Crippen LogP contribution in [0.3, 0.4) is 0 Å². The number of hydrogen-bond acceptors (Lipinski definition) is 3. The summed E-state index contributed by atoms with van der Waals surface area (Å²) in [7, 11) is 0. The van der Waals surface area contributed by atoms with Crippen molar-refractivity contribution < 1.29 is 18.0 Å². The number of halogens is 4. The molecule has 10 heteroatoms. The molecule has 158 valence electrons. The number of alkyl halides is 3. The van der Waals surface area contributed by atoms with E-state index in [9.17, 15) is 18.0 Å². The average Bonchev–Trinajstić information content (AvgIpc) is 2.69. The van der Waals surface area contributed by atoms with Gasteiger partial charge in [-0.05, 0) is 36.8 Å². The van der Waals surface area contributed by atoms with Crippen LogP contribution in [0.2, 0.25) is 0 Å². The second-order valence-corrected chi connectivity index (χ2v) is 5.81. The second kappa shape index (κ2) is 12.2. The monoisotopic (exact) mass is 521 g/mol. The summed E-state index contributed by atoms with van der Waals surface area (Å²) in [6.45, 7) is 3.57. The smallest absolute Gasteiger partial charge is 0.357 e. The van der Waals surface area contributed by atoms with Gasteiger partial charge in [0.2, 0.25) is 0 Å². The van der Waals surface area contributed by atoms with Gasteiger partial charge in [0.1, 0.15) is 0 Å². The van der Waals surface area contributed by atoms with Crippen LogP contribution in [0.25, 0.3) is 0 Å². The molecule has 0 aliphatic rings. The Balaban J connectivity index is 0.00000420. The van der Waals surface area contributed by atoms with Crippen molar-refractivity contribution in [1.29, 1.82) is 0 Å². The van der Waals surface area contributed by atoms with E-state index in [-0.39, 0.29) is 36.4 Å². The molecular weight excluding hydrogens is 498 g/mol. The molecule has 0 radical (unpaired) electrons. The van der Waals surface area contributed by atoms with Gasteiger partial charge in [-0.25, -0.2) is 4.99 Å². The van der Waals surface area contributed by atoms with Crippen molar-refractivity contribution in [2.45, 2.75) is 19.6 Å². The quantitative estimate of drug-likeness (QED) is 0.227. The van der Waals surface area contributed by atoms with Crippen molar-refractivity contribution in [3.8, 4) is 0 Å². The van der Waals surface area contributed by atoms with Crippen molar-refractivity contribution in [2.24, 2.45) is 4.99 Å². The standard InChI is InChI=1S/C19H22F3N5O.HI/c1-2-24-18(26-11-10-25-17(28)15-4-3-9-23-13-15)27-12-14-5-7-16(8-6-14)19(20,21)22;/h3-9,13H,2,10-12H2,1H3,(H,25,28)(H2,24,26,27);1H. The highest BCUT2D eigenvalue weighted by Gasteiger charge is 2.29. The van der Waals surface area contributed by atoms with Gasteiger partial charge in [-0.15, -0.1) is 24.0 Å².